The van der Waals surface area contributed by atoms with Crippen molar-refractivity contribution in [1.82, 2.24) is 0 Å². The van der Waals surface area contributed by atoms with Gasteiger partial charge in [-0.05, 0) is 43.8 Å². The normalized spacial score (nSPS) is 29.2. The van der Waals surface area contributed by atoms with Crippen LogP contribution in [0.3, 0.4) is 0 Å². The molecule has 0 aromatic rings. The zero-order valence-electron chi connectivity index (χ0n) is 8.34. The number of allylic oxidation sites excluding steroid dienone is 1. The monoisotopic (exact) mass is 164 g/mol. The fraction of sp³-hybridized carbons (Fsp3) is 0.750. The van der Waals surface area contributed by atoms with Crippen molar-refractivity contribution in [2.24, 2.45) is 11.8 Å². The fourth-order valence-electron chi connectivity index (χ4n) is 2.18. The van der Waals surface area contributed by atoms with Gasteiger partial charge in [-0.25, -0.2) is 0 Å². The molecule has 1 aliphatic carbocycles. The van der Waals surface area contributed by atoms with Crippen LogP contribution in [-0.4, -0.2) is 0 Å². The summed E-state index contributed by atoms with van der Waals surface area (Å²) in [6, 6.07) is 0. The summed E-state index contributed by atoms with van der Waals surface area (Å²) < 4.78 is 0. The van der Waals surface area contributed by atoms with Crippen LogP contribution in [0.25, 0.3) is 0 Å². The summed E-state index contributed by atoms with van der Waals surface area (Å²) in [5.74, 6) is 1.76. The highest BCUT2D eigenvalue weighted by Crippen LogP contribution is 2.32. The molecule has 0 aromatic heterocycles. The van der Waals surface area contributed by atoms with Gasteiger partial charge in [0, 0.05) is 0 Å². The molecule has 0 N–H and O–H groups in total. The van der Waals surface area contributed by atoms with Crippen LogP contribution in [0.4, 0.5) is 0 Å². The van der Waals surface area contributed by atoms with Crippen LogP contribution in [0.2, 0.25) is 0 Å². The van der Waals surface area contributed by atoms with Crippen molar-refractivity contribution in [3.63, 3.8) is 0 Å². The van der Waals surface area contributed by atoms with Gasteiger partial charge in [0.1, 0.15) is 0 Å². The average Bonchev–Trinajstić information content (AvgIpc) is 2.15. The van der Waals surface area contributed by atoms with Gasteiger partial charge in [0.15, 0.2) is 0 Å². The minimum absolute atomic E-state index is 0.819. The number of rotatable bonds is 2. The van der Waals surface area contributed by atoms with Crippen molar-refractivity contribution in [2.45, 2.75) is 46.0 Å². The van der Waals surface area contributed by atoms with Crippen molar-refractivity contribution in [3.8, 4) is 0 Å². The van der Waals surface area contributed by atoms with E-state index < -0.39 is 0 Å². The van der Waals surface area contributed by atoms with E-state index in [0.717, 1.165) is 11.8 Å². The maximum Gasteiger partial charge on any atom is -0.0129 e. The van der Waals surface area contributed by atoms with E-state index in [-0.39, 0.29) is 0 Å². The summed E-state index contributed by atoms with van der Waals surface area (Å²) in [5, 5.41) is 0. The Hall–Kier alpha value is -0.480. The van der Waals surface area contributed by atoms with E-state index in [1.165, 1.54) is 32.1 Å². The average molecular weight is 164 g/mol. The predicted octanol–water partition coefficient (Wildman–Crippen LogP) is 3.93. The van der Waals surface area contributed by atoms with Crippen LogP contribution in [0.15, 0.2) is 17.9 Å². The summed E-state index contributed by atoms with van der Waals surface area (Å²) in [6.07, 6.45) is 11.3. The molecule has 1 aliphatic rings. The van der Waals surface area contributed by atoms with E-state index in [0.29, 0.717) is 0 Å². The highest BCUT2D eigenvalue weighted by molar-refractivity contribution is 4.92. The van der Waals surface area contributed by atoms with E-state index in [1.54, 1.807) is 0 Å². The van der Waals surface area contributed by atoms with Gasteiger partial charge in [-0.1, -0.05) is 26.2 Å². The fourth-order valence-corrected chi connectivity index (χ4v) is 2.18. The Bertz CT molecular complexity index is 172. The van der Waals surface area contributed by atoms with Crippen LogP contribution in [0.1, 0.15) is 46.0 Å². The predicted molar refractivity (Wildman–Crippen MR) is 54.1 cm³/mol. The highest BCUT2D eigenvalue weighted by atomic mass is 14.3. The Labute approximate surface area is 76.4 Å². The van der Waals surface area contributed by atoms with Crippen molar-refractivity contribution >= 4 is 0 Å². The zero-order chi connectivity index (χ0) is 8.81. The molecular weight excluding hydrogens is 144 g/mol. The van der Waals surface area contributed by atoms with Gasteiger partial charge in [0.25, 0.3) is 0 Å². The smallest absolute Gasteiger partial charge is 0.0129 e. The summed E-state index contributed by atoms with van der Waals surface area (Å²) >= 11 is 0. The van der Waals surface area contributed by atoms with Crippen LogP contribution < -0.4 is 0 Å². The van der Waals surface area contributed by atoms with Crippen LogP contribution in [0.5, 0.6) is 0 Å². The minimum Gasteiger partial charge on any atom is -0.130 e. The maximum absolute atomic E-state index is 3.23. The molecule has 0 nitrogen and oxygen atoms in total. The van der Waals surface area contributed by atoms with E-state index in [4.69, 9.17) is 0 Å². The zero-order valence-corrected chi connectivity index (χ0v) is 8.34. The first-order valence-electron chi connectivity index (χ1n) is 5.25. The third kappa shape index (κ3) is 2.53. The van der Waals surface area contributed by atoms with Crippen molar-refractivity contribution in [3.05, 3.63) is 17.9 Å². The molecule has 0 aliphatic heterocycles. The molecule has 68 valence electrons. The second-order valence-electron chi connectivity index (χ2n) is 3.74. The van der Waals surface area contributed by atoms with Crippen molar-refractivity contribution < 1.29 is 0 Å². The van der Waals surface area contributed by atoms with Crippen LogP contribution in [-0.2, 0) is 0 Å². The van der Waals surface area contributed by atoms with Crippen molar-refractivity contribution in [1.29, 1.82) is 0 Å². The second kappa shape index (κ2) is 5.22. The maximum atomic E-state index is 3.23. The topological polar surface area (TPSA) is 0 Å². The van der Waals surface area contributed by atoms with Gasteiger partial charge in [0.2, 0.25) is 0 Å². The van der Waals surface area contributed by atoms with Gasteiger partial charge in [-0.15, -0.1) is 5.73 Å². The molecule has 2 unspecified atom stereocenters. The largest absolute Gasteiger partial charge is 0.130 e. The van der Waals surface area contributed by atoms with E-state index >= 15 is 0 Å². The van der Waals surface area contributed by atoms with E-state index in [2.05, 4.69) is 18.7 Å². The Kier molecular flexibility index (Phi) is 4.18. The number of hydrogen-bond acceptors (Lipinski definition) is 0. The lowest BCUT2D eigenvalue weighted by Crippen LogP contribution is -2.16. The molecule has 0 heteroatoms. The van der Waals surface area contributed by atoms with Gasteiger partial charge in [-0.2, -0.15) is 0 Å². The molecule has 0 bridgehead atoms. The molecule has 1 rings (SSSR count). The minimum atomic E-state index is 0.819. The summed E-state index contributed by atoms with van der Waals surface area (Å²) in [7, 11) is 0. The quantitative estimate of drug-likeness (QED) is 0.542. The summed E-state index contributed by atoms with van der Waals surface area (Å²) in [5.41, 5.74) is 3.23. The third-order valence-corrected chi connectivity index (χ3v) is 2.97. The highest BCUT2D eigenvalue weighted by Gasteiger charge is 2.20. The Morgan fingerprint density at radius 1 is 1.33 bits per heavy atom. The molecule has 0 saturated heterocycles. The van der Waals surface area contributed by atoms with E-state index in [1.807, 2.05) is 13.0 Å². The summed E-state index contributed by atoms with van der Waals surface area (Å²) in [4.78, 5) is 0. The lowest BCUT2D eigenvalue weighted by atomic mass is 9.78. The Balaban J connectivity index is 2.52. The van der Waals surface area contributed by atoms with Crippen molar-refractivity contribution in [2.75, 3.05) is 0 Å². The second-order valence-corrected chi connectivity index (χ2v) is 3.74. The first kappa shape index (κ1) is 9.61. The SMILES string of the molecule is CC=C=CC1CCCCC1CC. The van der Waals surface area contributed by atoms with Gasteiger partial charge >= 0.3 is 0 Å². The first-order valence-corrected chi connectivity index (χ1v) is 5.25. The molecular formula is C12H20. The van der Waals surface area contributed by atoms with Crippen LogP contribution >= 0.6 is 0 Å². The van der Waals surface area contributed by atoms with E-state index in [9.17, 15) is 0 Å². The first-order chi connectivity index (χ1) is 5.88. The van der Waals surface area contributed by atoms with Gasteiger partial charge in [0.05, 0.1) is 0 Å². The molecule has 12 heavy (non-hydrogen) atoms. The standard InChI is InChI=1S/C12H20/c1-3-5-8-12-10-7-6-9-11(12)4-2/h3,8,11-12H,4,6-7,9-10H2,1-2H3. The molecule has 0 heterocycles. The third-order valence-electron chi connectivity index (χ3n) is 2.97. The lowest BCUT2D eigenvalue weighted by Gasteiger charge is -2.27. The van der Waals surface area contributed by atoms with Gasteiger partial charge in [-0.3, -0.25) is 0 Å². The molecule has 1 fully saturated rings. The molecule has 0 aromatic carbocycles. The number of hydrogen-bond donors (Lipinski definition) is 0. The Morgan fingerprint density at radius 3 is 2.75 bits per heavy atom. The molecule has 0 radical (unpaired) electrons. The molecule has 0 amide bonds. The molecule has 0 spiro atoms. The lowest BCUT2D eigenvalue weighted by molar-refractivity contribution is 0.276. The summed E-state index contributed by atoms with van der Waals surface area (Å²) in [6.45, 7) is 4.35. The molecule has 2 atom stereocenters. The van der Waals surface area contributed by atoms with Gasteiger partial charge < -0.3 is 0 Å². The van der Waals surface area contributed by atoms with Crippen LogP contribution in [0, 0.1) is 11.8 Å². The Morgan fingerprint density at radius 2 is 2.08 bits per heavy atom. The molecule has 1 saturated carbocycles.